The van der Waals surface area contributed by atoms with Crippen LogP contribution in [-0.4, -0.2) is 24.7 Å². The summed E-state index contributed by atoms with van der Waals surface area (Å²) in [4.78, 5) is 15.8. The maximum atomic E-state index is 12.4. The molecule has 0 saturated heterocycles. The van der Waals surface area contributed by atoms with E-state index in [0.29, 0.717) is 6.54 Å². The number of methoxy groups -OCH3 is 1. The van der Waals surface area contributed by atoms with Crippen LogP contribution in [-0.2, 0) is 12.0 Å². The zero-order chi connectivity index (χ0) is 19.4. The van der Waals surface area contributed by atoms with Crippen molar-refractivity contribution in [3.05, 3.63) is 65.4 Å². The lowest BCUT2D eigenvalue weighted by molar-refractivity contribution is 0.229. The number of para-hydroxylation sites is 2. The van der Waals surface area contributed by atoms with E-state index in [1.54, 1.807) is 7.11 Å². The number of aryl methyl sites for hydroxylation is 1. The molecule has 3 aromatic rings. The van der Waals surface area contributed by atoms with Crippen molar-refractivity contribution in [3.8, 4) is 5.75 Å². The molecule has 3 N–H and O–H groups in total. The number of fused-ring (bicyclic) bond motifs is 1. The number of nitrogens with one attached hydrogen (secondary N) is 3. The van der Waals surface area contributed by atoms with Crippen LogP contribution in [0.3, 0.4) is 0 Å². The van der Waals surface area contributed by atoms with Gasteiger partial charge in [0.05, 0.1) is 12.6 Å². The van der Waals surface area contributed by atoms with Crippen molar-refractivity contribution in [2.45, 2.75) is 32.7 Å². The minimum Gasteiger partial charge on any atom is -0.496 e. The van der Waals surface area contributed by atoms with E-state index in [2.05, 4.69) is 34.7 Å². The zero-order valence-corrected chi connectivity index (χ0v) is 16.3. The number of H-pyrrole nitrogens is 1. The second-order valence-corrected chi connectivity index (χ2v) is 7.23. The summed E-state index contributed by atoms with van der Waals surface area (Å²) in [5.41, 5.74) is 3.91. The van der Waals surface area contributed by atoms with Crippen molar-refractivity contribution < 1.29 is 9.53 Å². The molecule has 0 bridgehead atoms. The number of amides is 2. The molecule has 1 aromatic heterocycles. The monoisotopic (exact) mass is 365 g/mol. The topological polar surface area (TPSA) is 66.2 Å². The summed E-state index contributed by atoms with van der Waals surface area (Å²) in [7, 11) is 1.64. The summed E-state index contributed by atoms with van der Waals surface area (Å²) in [6.45, 7) is 6.57. The van der Waals surface area contributed by atoms with Crippen molar-refractivity contribution in [1.82, 2.24) is 15.6 Å². The molecule has 2 aromatic carbocycles. The summed E-state index contributed by atoms with van der Waals surface area (Å²) in [5, 5.41) is 7.23. The van der Waals surface area contributed by atoms with Crippen molar-refractivity contribution in [2.24, 2.45) is 0 Å². The van der Waals surface area contributed by atoms with Crippen LogP contribution < -0.4 is 15.4 Å². The fourth-order valence-corrected chi connectivity index (χ4v) is 3.51. The van der Waals surface area contributed by atoms with E-state index in [9.17, 15) is 4.79 Å². The lowest BCUT2D eigenvalue weighted by atomic mass is 9.93. The predicted molar refractivity (Wildman–Crippen MR) is 109 cm³/mol. The summed E-state index contributed by atoms with van der Waals surface area (Å²) in [6.07, 6.45) is 0.776. The molecule has 0 fully saturated rings. The van der Waals surface area contributed by atoms with Gasteiger partial charge in [0, 0.05) is 28.7 Å². The number of rotatable bonds is 6. The highest BCUT2D eigenvalue weighted by atomic mass is 16.5. The van der Waals surface area contributed by atoms with E-state index < -0.39 is 5.54 Å². The van der Waals surface area contributed by atoms with Crippen LogP contribution in [0.1, 0.15) is 30.7 Å². The Morgan fingerprint density at radius 3 is 2.59 bits per heavy atom. The lowest BCUT2D eigenvalue weighted by Crippen LogP contribution is -2.47. The summed E-state index contributed by atoms with van der Waals surface area (Å²) in [5.74, 6) is 0.761. The minimum atomic E-state index is -0.548. The van der Waals surface area contributed by atoms with Gasteiger partial charge in [-0.15, -0.1) is 0 Å². The fraction of sp³-hybridized carbons (Fsp3) is 0.318. The van der Waals surface area contributed by atoms with Crippen molar-refractivity contribution in [1.29, 1.82) is 0 Å². The number of carbonyl (C=O) groups is 1. The summed E-state index contributed by atoms with van der Waals surface area (Å²) >= 11 is 0. The minimum absolute atomic E-state index is 0.191. The molecule has 0 unspecified atom stereocenters. The maximum Gasteiger partial charge on any atom is 0.315 e. The average molecular weight is 365 g/mol. The average Bonchev–Trinajstić information content (AvgIpc) is 2.97. The highest BCUT2D eigenvalue weighted by Crippen LogP contribution is 2.29. The Bertz CT molecular complexity index is 944. The van der Waals surface area contributed by atoms with E-state index in [4.69, 9.17) is 4.74 Å². The third-order valence-corrected chi connectivity index (χ3v) is 4.89. The quantitative estimate of drug-likeness (QED) is 0.611. The van der Waals surface area contributed by atoms with E-state index in [-0.39, 0.29) is 6.03 Å². The molecule has 142 valence electrons. The van der Waals surface area contributed by atoms with E-state index >= 15 is 0 Å². The Hall–Kier alpha value is -2.95. The Morgan fingerprint density at radius 2 is 1.81 bits per heavy atom. The molecule has 0 radical (unpaired) electrons. The molecule has 3 rings (SSSR count). The van der Waals surface area contributed by atoms with Gasteiger partial charge in [-0.05, 0) is 44.9 Å². The number of aromatic amines is 1. The highest BCUT2D eigenvalue weighted by molar-refractivity contribution is 5.84. The predicted octanol–water partition coefficient (Wildman–Crippen LogP) is 4.26. The molecule has 0 aliphatic heterocycles. The van der Waals surface area contributed by atoms with Gasteiger partial charge in [0.1, 0.15) is 5.75 Å². The van der Waals surface area contributed by atoms with Crippen LogP contribution in [0.15, 0.2) is 48.5 Å². The van der Waals surface area contributed by atoms with Gasteiger partial charge >= 0.3 is 6.03 Å². The van der Waals surface area contributed by atoms with Gasteiger partial charge in [-0.1, -0.05) is 36.4 Å². The second kappa shape index (κ2) is 7.74. The summed E-state index contributed by atoms with van der Waals surface area (Å²) in [6, 6.07) is 15.8. The van der Waals surface area contributed by atoms with Gasteiger partial charge in [0.2, 0.25) is 0 Å². The van der Waals surface area contributed by atoms with Crippen molar-refractivity contribution in [3.63, 3.8) is 0 Å². The van der Waals surface area contributed by atoms with Crippen molar-refractivity contribution >= 4 is 16.9 Å². The Balaban J connectivity index is 1.62. The van der Waals surface area contributed by atoms with Crippen LogP contribution in [0.4, 0.5) is 4.79 Å². The van der Waals surface area contributed by atoms with Gasteiger partial charge in [0.15, 0.2) is 0 Å². The standard InChI is InChI=1S/C22H27N3O2/c1-15-16(17-9-5-7-11-19(17)24-15)13-14-23-21(26)25-22(2,3)18-10-6-8-12-20(18)27-4/h5-12,24H,13-14H2,1-4H3,(H2,23,25,26). The first-order valence-corrected chi connectivity index (χ1v) is 9.18. The third-order valence-electron chi connectivity index (χ3n) is 4.89. The number of hydrogen-bond acceptors (Lipinski definition) is 2. The van der Waals surface area contributed by atoms with E-state index in [1.165, 1.54) is 10.9 Å². The van der Waals surface area contributed by atoms with Crippen LogP contribution in [0.5, 0.6) is 5.75 Å². The molecule has 0 aliphatic carbocycles. The van der Waals surface area contributed by atoms with Gasteiger partial charge in [-0.25, -0.2) is 4.79 Å². The highest BCUT2D eigenvalue weighted by Gasteiger charge is 2.26. The molecule has 0 spiro atoms. The molecule has 0 aliphatic rings. The molecule has 5 nitrogen and oxygen atoms in total. The zero-order valence-electron chi connectivity index (χ0n) is 16.3. The Morgan fingerprint density at radius 1 is 1.11 bits per heavy atom. The molecule has 2 amide bonds. The molecule has 1 heterocycles. The molecule has 0 atom stereocenters. The second-order valence-electron chi connectivity index (χ2n) is 7.23. The number of benzene rings is 2. The largest absolute Gasteiger partial charge is 0.496 e. The molecular weight excluding hydrogens is 338 g/mol. The first-order valence-electron chi connectivity index (χ1n) is 9.18. The molecule has 5 heteroatoms. The first-order chi connectivity index (χ1) is 12.9. The lowest BCUT2D eigenvalue weighted by Gasteiger charge is -2.28. The SMILES string of the molecule is COc1ccccc1C(C)(C)NC(=O)NCCc1c(C)[nH]c2ccccc12. The number of aromatic nitrogens is 1. The Kier molecular flexibility index (Phi) is 5.40. The van der Waals surface area contributed by atoms with Crippen LogP contribution in [0.25, 0.3) is 10.9 Å². The third kappa shape index (κ3) is 4.08. The van der Waals surface area contributed by atoms with Crippen LogP contribution in [0, 0.1) is 6.92 Å². The number of urea groups is 1. The van der Waals surface area contributed by atoms with Gasteiger partial charge in [-0.2, -0.15) is 0 Å². The fourth-order valence-electron chi connectivity index (χ4n) is 3.51. The number of carbonyl (C=O) groups excluding carboxylic acids is 1. The first kappa shape index (κ1) is 18.8. The van der Waals surface area contributed by atoms with Gasteiger partial charge in [-0.3, -0.25) is 0 Å². The molecule has 0 saturated carbocycles. The summed E-state index contributed by atoms with van der Waals surface area (Å²) < 4.78 is 5.42. The number of ether oxygens (including phenoxy) is 1. The maximum absolute atomic E-state index is 12.4. The smallest absolute Gasteiger partial charge is 0.315 e. The normalized spacial score (nSPS) is 11.4. The number of hydrogen-bond donors (Lipinski definition) is 3. The Labute approximate surface area is 160 Å². The van der Waals surface area contributed by atoms with E-state index in [0.717, 1.165) is 28.9 Å². The van der Waals surface area contributed by atoms with Gasteiger partial charge in [0.25, 0.3) is 0 Å². The van der Waals surface area contributed by atoms with Crippen LogP contribution >= 0.6 is 0 Å². The van der Waals surface area contributed by atoms with Crippen LogP contribution in [0.2, 0.25) is 0 Å². The molecule has 27 heavy (non-hydrogen) atoms. The molecular formula is C22H27N3O2. The van der Waals surface area contributed by atoms with Gasteiger partial charge < -0.3 is 20.4 Å². The van der Waals surface area contributed by atoms with E-state index in [1.807, 2.05) is 50.2 Å². The van der Waals surface area contributed by atoms with Crippen molar-refractivity contribution in [2.75, 3.05) is 13.7 Å².